The molecule has 0 unspecified atom stereocenters. The topological polar surface area (TPSA) is 70.7 Å². The molecular weight excluding hydrogens is 435 g/mol. The van der Waals surface area contributed by atoms with Crippen LogP contribution in [0.1, 0.15) is 24.0 Å². The summed E-state index contributed by atoms with van der Waals surface area (Å²) in [5, 5.41) is 5.60. The fourth-order valence-corrected chi connectivity index (χ4v) is 3.58. The molecule has 3 amide bonds. The van der Waals surface area contributed by atoms with Gasteiger partial charge in [0.15, 0.2) is 0 Å². The van der Waals surface area contributed by atoms with Crippen molar-refractivity contribution in [3.63, 3.8) is 0 Å². The number of urea groups is 1. The molecule has 0 saturated carbocycles. The van der Waals surface area contributed by atoms with Crippen LogP contribution < -0.4 is 15.4 Å². The van der Waals surface area contributed by atoms with Crippen molar-refractivity contribution >= 4 is 23.7 Å². The first-order valence-electron chi connectivity index (χ1n) is 10.6. The molecule has 1 heterocycles. The Labute approximate surface area is 190 Å². The van der Waals surface area contributed by atoms with Crippen LogP contribution in [-0.4, -0.2) is 42.8 Å². The molecule has 2 aromatic rings. The van der Waals surface area contributed by atoms with Gasteiger partial charge in [0.1, 0.15) is 5.75 Å². The van der Waals surface area contributed by atoms with Crippen LogP contribution in [0.3, 0.4) is 0 Å². The number of hydrogen-bond acceptors (Lipinski definition) is 3. The zero-order valence-corrected chi connectivity index (χ0v) is 18.2. The molecule has 2 aromatic carbocycles. The zero-order valence-electron chi connectivity index (χ0n) is 18.2. The van der Waals surface area contributed by atoms with E-state index in [1.54, 1.807) is 11.0 Å². The molecule has 0 spiro atoms. The van der Waals surface area contributed by atoms with E-state index in [2.05, 4.69) is 15.4 Å². The SMILES string of the molecule is Cc1ccc(NC(=O)NC[C@@H]2CCCN(C(=O)/C=C/c3ccccc3OC(F)(F)F)C2)cc1. The number of nitrogens with zero attached hydrogens (tertiary/aromatic N) is 1. The number of benzene rings is 2. The molecule has 3 rings (SSSR count). The van der Waals surface area contributed by atoms with Crippen LogP contribution in [0, 0.1) is 12.8 Å². The van der Waals surface area contributed by atoms with Crippen molar-refractivity contribution < 1.29 is 27.5 Å². The van der Waals surface area contributed by atoms with E-state index >= 15 is 0 Å². The van der Waals surface area contributed by atoms with E-state index in [4.69, 9.17) is 0 Å². The second kappa shape index (κ2) is 10.9. The number of aryl methyl sites for hydroxylation is 1. The second-order valence-corrected chi connectivity index (χ2v) is 7.91. The van der Waals surface area contributed by atoms with E-state index in [0.717, 1.165) is 18.4 Å². The van der Waals surface area contributed by atoms with Crippen molar-refractivity contribution in [2.24, 2.45) is 5.92 Å². The van der Waals surface area contributed by atoms with Gasteiger partial charge in [-0.2, -0.15) is 0 Å². The van der Waals surface area contributed by atoms with Crippen LogP contribution in [0.2, 0.25) is 0 Å². The number of rotatable bonds is 6. The second-order valence-electron chi connectivity index (χ2n) is 7.91. The Hall–Kier alpha value is -3.49. The van der Waals surface area contributed by atoms with Crippen molar-refractivity contribution in [2.75, 3.05) is 25.0 Å². The van der Waals surface area contributed by atoms with Crippen molar-refractivity contribution in [1.82, 2.24) is 10.2 Å². The molecular formula is C24H26F3N3O3. The number of ether oxygens (including phenoxy) is 1. The summed E-state index contributed by atoms with van der Waals surface area (Å²) in [7, 11) is 0. The first kappa shape index (κ1) is 24.2. The first-order valence-corrected chi connectivity index (χ1v) is 10.6. The third-order valence-corrected chi connectivity index (χ3v) is 5.24. The maximum Gasteiger partial charge on any atom is 0.573 e. The monoisotopic (exact) mass is 461 g/mol. The minimum absolute atomic E-state index is 0.0840. The highest BCUT2D eigenvalue weighted by molar-refractivity contribution is 5.92. The summed E-state index contributed by atoms with van der Waals surface area (Å²) in [5.74, 6) is -0.583. The Morgan fingerprint density at radius 1 is 1.15 bits per heavy atom. The molecule has 0 aromatic heterocycles. The summed E-state index contributed by atoms with van der Waals surface area (Å²) in [4.78, 5) is 26.4. The lowest BCUT2D eigenvalue weighted by atomic mass is 9.98. The number of likely N-dealkylation sites (tertiary alicyclic amines) is 1. The predicted octanol–water partition coefficient (Wildman–Crippen LogP) is 4.97. The number of piperidine rings is 1. The maximum absolute atomic E-state index is 12.6. The lowest BCUT2D eigenvalue weighted by molar-refractivity contribution is -0.274. The molecule has 1 atom stereocenters. The van der Waals surface area contributed by atoms with Crippen LogP contribution in [-0.2, 0) is 4.79 Å². The van der Waals surface area contributed by atoms with Crippen LogP contribution in [0.15, 0.2) is 54.6 Å². The molecule has 1 saturated heterocycles. The lowest BCUT2D eigenvalue weighted by Gasteiger charge is -2.32. The number of amides is 3. The minimum Gasteiger partial charge on any atom is -0.405 e. The molecule has 0 aliphatic carbocycles. The van der Waals surface area contributed by atoms with E-state index in [1.165, 1.54) is 30.4 Å². The van der Waals surface area contributed by atoms with Gasteiger partial charge in [0.05, 0.1) is 0 Å². The Morgan fingerprint density at radius 2 is 1.88 bits per heavy atom. The molecule has 0 bridgehead atoms. The Bertz CT molecular complexity index is 990. The summed E-state index contributed by atoms with van der Waals surface area (Å²) < 4.78 is 41.7. The number of carbonyl (C=O) groups is 2. The molecule has 9 heteroatoms. The van der Waals surface area contributed by atoms with E-state index in [9.17, 15) is 22.8 Å². The van der Waals surface area contributed by atoms with Gasteiger partial charge >= 0.3 is 12.4 Å². The van der Waals surface area contributed by atoms with E-state index in [-0.39, 0.29) is 29.2 Å². The largest absolute Gasteiger partial charge is 0.573 e. The highest BCUT2D eigenvalue weighted by Gasteiger charge is 2.31. The van der Waals surface area contributed by atoms with Gasteiger partial charge in [0.25, 0.3) is 0 Å². The average molecular weight is 461 g/mol. The van der Waals surface area contributed by atoms with E-state index < -0.39 is 6.36 Å². The minimum atomic E-state index is -4.81. The molecule has 1 aliphatic rings. The van der Waals surface area contributed by atoms with Gasteiger partial charge in [-0.3, -0.25) is 4.79 Å². The quantitative estimate of drug-likeness (QED) is 0.597. The van der Waals surface area contributed by atoms with E-state index in [1.807, 2.05) is 31.2 Å². The van der Waals surface area contributed by atoms with Crippen LogP contribution in [0.4, 0.5) is 23.7 Å². The highest BCUT2D eigenvalue weighted by Crippen LogP contribution is 2.27. The molecule has 176 valence electrons. The Balaban J connectivity index is 1.51. The van der Waals surface area contributed by atoms with Crippen LogP contribution >= 0.6 is 0 Å². The molecule has 33 heavy (non-hydrogen) atoms. The van der Waals surface area contributed by atoms with Gasteiger partial charge in [0, 0.05) is 37.0 Å². The summed E-state index contributed by atoms with van der Waals surface area (Å²) in [6.07, 6.45) is -0.606. The Kier molecular flexibility index (Phi) is 7.97. The number of anilines is 1. The third kappa shape index (κ3) is 7.85. The average Bonchev–Trinajstić information content (AvgIpc) is 2.77. The summed E-state index contributed by atoms with van der Waals surface area (Å²) in [6.45, 7) is 3.38. The number of hydrogen-bond donors (Lipinski definition) is 2. The smallest absolute Gasteiger partial charge is 0.405 e. The van der Waals surface area contributed by atoms with Gasteiger partial charge in [-0.1, -0.05) is 35.9 Å². The fourth-order valence-electron chi connectivity index (χ4n) is 3.58. The van der Waals surface area contributed by atoms with Crippen LogP contribution in [0.5, 0.6) is 5.75 Å². The first-order chi connectivity index (χ1) is 15.7. The number of para-hydroxylation sites is 1. The van der Waals surface area contributed by atoms with E-state index in [0.29, 0.717) is 25.3 Å². The maximum atomic E-state index is 12.6. The normalized spacial score (nSPS) is 16.5. The van der Waals surface area contributed by atoms with Gasteiger partial charge in [-0.05, 0) is 50.0 Å². The summed E-state index contributed by atoms with van der Waals surface area (Å²) in [6, 6.07) is 12.8. The molecule has 6 nitrogen and oxygen atoms in total. The number of halogens is 3. The molecule has 1 fully saturated rings. The van der Waals surface area contributed by atoms with Crippen molar-refractivity contribution in [3.8, 4) is 5.75 Å². The van der Waals surface area contributed by atoms with Gasteiger partial charge < -0.3 is 20.3 Å². The molecule has 1 aliphatic heterocycles. The van der Waals surface area contributed by atoms with Gasteiger partial charge in [0.2, 0.25) is 5.91 Å². The summed E-state index contributed by atoms with van der Waals surface area (Å²) >= 11 is 0. The van der Waals surface area contributed by atoms with Crippen LogP contribution in [0.25, 0.3) is 6.08 Å². The van der Waals surface area contributed by atoms with Crippen molar-refractivity contribution in [3.05, 3.63) is 65.7 Å². The number of nitrogens with one attached hydrogen (secondary N) is 2. The standard InChI is InChI=1S/C24H26F3N3O3/c1-17-8-11-20(12-9-17)29-23(32)28-15-18-5-4-14-30(16-18)22(31)13-10-19-6-2-3-7-21(19)33-24(25,26)27/h2-3,6-13,18H,4-5,14-16H2,1H3,(H2,28,29,32)/b13-10+/t18-/m0/s1. The number of alkyl halides is 3. The molecule has 2 N–H and O–H groups in total. The van der Waals surface area contributed by atoms with Gasteiger partial charge in [-0.25, -0.2) is 4.79 Å². The fraction of sp³-hybridized carbons (Fsp3) is 0.333. The predicted molar refractivity (Wildman–Crippen MR) is 120 cm³/mol. The van der Waals surface area contributed by atoms with Gasteiger partial charge in [-0.15, -0.1) is 13.2 Å². The van der Waals surface area contributed by atoms with Crippen molar-refractivity contribution in [1.29, 1.82) is 0 Å². The highest BCUT2D eigenvalue weighted by atomic mass is 19.4. The Morgan fingerprint density at radius 3 is 2.61 bits per heavy atom. The third-order valence-electron chi connectivity index (χ3n) is 5.24. The summed E-state index contributed by atoms with van der Waals surface area (Å²) in [5.41, 5.74) is 1.95. The molecule has 0 radical (unpaired) electrons. The lowest BCUT2D eigenvalue weighted by Crippen LogP contribution is -2.43. The zero-order chi connectivity index (χ0) is 23.8. The number of carbonyl (C=O) groups excluding carboxylic acids is 2. The van der Waals surface area contributed by atoms with Crippen molar-refractivity contribution in [2.45, 2.75) is 26.1 Å².